The van der Waals surface area contributed by atoms with E-state index in [1.54, 1.807) is 19.9 Å². The van der Waals surface area contributed by atoms with Gasteiger partial charge in [0.25, 0.3) is 0 Å². The number of carbonyl (C=O) groups excluding carboxylic acids is 1. The minimum Gasteiger partial charge on any atom is -0.298 e. The summed E-state index contributed by atoms with van der Waals surface area (Å²) >= 11 is 0. The number of sulfonamides is 1. The molecule has 0 fully saturated rings. The third kappa shape index (κ3) is 4.30. The van der Waals surface area contributed by atoms with Crippen molar-refractivity contribution in [3.8, 4) is 11.1 Å². The fourth-order valence-corrected chi connectivity index (χ4v) is 3.20. The Morgan fingerprint density at radius 3 is 2.21 bits per heavy atom. The Kier molecular flexibility index (Phi) is 5.91. The molecule has 2 aromatic carbocycles. The molecular weight excluding hydrogens is 322 g/mol. The maximum absolute atomic E-state index is 11.8. The van der Waals surface area contributed by atoms with Crippen molar-refractivity contribution in [2.24, 2.45) is 0 Å². The van der Waals surface area contributed by atoms with Gasteiger partial charge in [-0.05, 0) is 36.5 Å². The normalized spacial score (nSPS) is 13.0. The van der Waals surface area contributed by atoms with Crippen LogP contribution in [0.25, 0.3) is 11.1 Å². The number of carbonyl (C=O) groups is 1. The summed E-state index contributed by atoms with van der Waals surface area (Å²) in [6, 6.07) is 15.3. The molecular formula is C19H23NO3S. The van der Waals surface area contributed by atoms with Gasteiger partial charge >= 0.3 is 0 Å². The Hall–Kier alpha value is -1.98. The van der Waals surface area contributed by atoms with Gasteiger partial charge in [0, 0.05) is 12.1 Å². The van der Waals surface area contributed by atoms with E-state index in [1.165, 1.54) is 0 Å². The number of hydrogen-bond donors (Lipinski definition) is 1. The number of aldehydes is 1. The Bertz CT molecular complexity index is 796. The average Bonchev–Trinajstić information content (AvgIpc) is 2.59. The lowest BCUT2D eigenvalue weighted by molar-refractivity contribution is 0.112. The van der Waals surface area contributed by atoms with Gasteiger partial charge < -0.3 is 0 Å². The van der Waals surface area contributed by atoms with Gasteiger partial charge in [-0.2, -0.15) is 0 Å². The van der Waals surface area contributed by atoms with Crippen LogP contribution in [0.3, 0.4) is 0 Å². The van der Waals surface area contributed by atoms with Crippen molar-refractivity contribution in [3.05, 3.63) is 59.7 Å². The van der Waals surface area contributed by atoms with Crippen molar-refractivity contribution in [2.45, 2.75) is 31.9 Å². The molecule has 5 heteroatoms. The van der Waals surface area contributed by atoms with Crippen LogP contribution in [-0.2, 0) is 10.0 Å². The average molecular weight is 345 g/mol. The molecule has 0 aliphatic carbocycles. The van der Waals surface area contributed by atoms with E-state index in [4.69, 9.17) is 0 Å². The van der Waals surface area contributed by atoms with Crippen molar-refractivity contribution in [3.63, 3.8) is 0 Å². The zero-order chi connectivity index (χ0) is 17.7. The molecule has 1 unspecified atom stereocenters. The molecule has 0 aliphatic heterocycles. The Labute approximate surface area is 144 Å². The third-order valence-corrected chi connectivity index (χ3v) is 5.90. The fourth-order valence-electron chi connectivity index (χ4n) is 2.38. The third-order valence-electron chi connectivity index (χ3n) is 4.09. The van der Waals surface area contributed by atoms with Gasteiger partial charge in [0.05, 0.1) is 5.25 Å². The Morgan fingerprint density at radius 1 is 1.00 bits per heavy atom. The highest BCUT2D eigenvalue weighted by molar-refractivity contribution is 7.90. The first-order valence-electron chi connectivity index (χ1n) is 7.98. The largest absolute Gasteiger partial charge is 0.298 e. The molecule has 1 atom stereocenters. The van der Waals surface area contributed by atoms with Crippen molar-refractivity contribution < 1.29 is 13.2 Å². The van der Waals surface area contributed by atoms with Gasteiger partial charge in [0.2, 0.25) is 10.0 Å². The smallest absolute Gasteiger partial charge is 0.213 e. The lowest BCUT2D eigenvalue weighted by Crippen LogP contribution is -2.33. The topological polar surface area (TPSA) is 63.2 Å². The summed E-state index contributed by atoms with van der Waals surface area (Å²) in [5, 5.41) is -0.438. The van der Waals surface area contributed by atoms with Crippen molar-refractivity contribution >= 4 is 16.3 Å². The zero-order valence-electron chi connectivity index (χ0n) is 14.2. The number of rotatable bonds is 7. The molecule has 128 valence electrons. The summed E-state index contributed by atoms with van der Waals surface area (Å²) in [7, 11) is -3.25. The summed E-state index contributed by atoms with van der Waals surface area (Å²) in [6.45, 7) is 5.67. The quantitative estimate of drug-likeness (QED) is 0.780. The van der Waals surface area contributed by atoms with Crippen LogP contribution in [0.5, 0.6) is 0 Å². The number of hydrogen-bond acceptors (Lipinski definition) is 3. The minimum atomic E-state index is -3.25. The van der Waals surface area contributed by atoms with E-state index in [1.807, 2.05) is 49.4 Å². The van der Waals surface area contributed by atoms with E-state index in [0.717, 1.165) is 23.0 Å². The van der Waals surface area contributed by atoms with E-state index in [0.29, 0.717) is 12.1 Å². The molecule has 0 aliphatic rings. The molecule has 0 amide bonds. The standard InChI is InChI=1S/C19H23NO3S/c1-14(2)24(22,23)20-12-15(3)16-8-10-17(11-9-16)19-7-5-4-6-18(19)13-21/h4-11,13-15,20H,12H2,1-3H3. The van der Waals surface area contributed by atoms with Crippen LogP contribution in [-0.4, -0.2) is 26.5 Å². The van der Waals surface area contributed by atoms with E-state index < -0.39 is 15.3 Å². The maximum Gasteiger partial charge on any atom is 0.213 e. The first-order valence-corrected chi connectivity index (χ1v) is 9.53. The predicted molar refractivity (Wildman–Crippen MR) is 97.7 cm³/mol. The monoisotopic (exact) mass is 345 g/mol. The first-order chi connectivity index (χ1) is 11.3. The summed E-state index contributed by atoms with van der Waals surface area (Å²) in [5.74, 6) is 0.0638. The summed E-state index contributed by atoms with van der Waals surface area (Å²) in [4.78, 5) is 11.1. The van der Waals surface area contributed by atoms with E-state index in [2.05, 4.69) is 4.72 Å². The molecule has 24 heavy (non-hydrogen) atoms. The molecule has 2 aromatic rings. The van der Waals surface area contributed by atoms with Crippen LogP contribution in [0.4, 0.5) is 0 Å². The molecule has 0 bridgehead atoms. The molecule has 1 N–H and O–H groups in total. The Morgan fingerprint density at radius 2 is 1.62 bits per heavy atom. The molecule has 0 radical (unpaired) electrons. The second kappa shape index (κ2) is 7.73. The highest BCUT2D eigenvalue weighted by atomic mass is 32.2. The van der Waals surface area contributed by atoms with Crippen LogP contribution in [0.2, 0.25) is 0 Å². The summed E-state index contributed by atoms with van der Waals surface area (Å²) < 4.78 is 26.3. The Balaban J connectivity index is 2.13. The van der Waals surface area contributed by atoms with Gasteiger partial charge in [0.15, 0.2) is 6.29 Å². The van der Waals surface area contributed by atoms with Crippen molar-refractivity contribution in [1.82, 2.24) is 4.72 Å². The zero-order valence-corrected chi connectivity index (χ0v) is 15.0. The predicted octanol–water partition coefficient (Wildman–Crippen LogP) is 3.60. The van der Waals surface area contributed by atoms with Crippen LogP contribution < -0.4 is 4.72 Å². The lowest BCUT2D eigenvalue weighted by atomic mass is 9.96. The molecule has 0 saturated heterocycles. The van der Waals surface area contributed by atoms with Gasteiger partial charge in [-0.15, -0.1) is 0 Å². The van der Waals surface area contributed by atoms with E-state index in [9.17, 15) is 13.2 Å². The van der Waals surface area contributed by atoms with Gasteiger partial charge in [0.1, 0.15) is 0 Å². The molecule has 0 spiro atoms. The molecule has 0 saturated carbocycles. The number of benzene rings is 2. The first kappa shape index (κ1) is 18.4. The summed E-state index contributed by atoms with van der Waals surface area (Å²) in [5.41, 5.74) is 3.57. The molecule has 2 rings (SSSR count). The van der Waals surface area contributed by atoms with Crippen LogP contribution in [0.15, 0.2) is 48.5 Å². The maximum atomic E-state index is 11.8. The SMILES string of the molecule is CC(CNS(=O)(=O)C(C)C)c1ccc(-c2ccccc2C=O)cc1. The van der Waals surface area contributed by atoms with Gasteiger partial charge in [-0.1, -0.05) is 55.5 Å². The van der Waals surface area contributed by atoms with Crippen LogP contribution >= 0.6 is 0 Å². The van der Waals surface area contributed by atoms with Crippen molar-refractivity contribution in [1.29, 1.82) is 0 Å². The minimum absolute atomic E-state index is 0.0638. The van der Waals surface area contributed by atoms with Gasteiger partial charge in [-0.25, -0.2) is 13.1 Å². The molecule has 0 aromatic heterocycles. The molecule has 4 nitrogen and oxygen atoms in total. The van der Waals surface area contributed by atoms with Gasteiger partial charge in [-0.3, -0.25) is 4.79 Å². The van der Waals surface area contributed by atoms with Crippen LogP contribution in [0, 0.1) is 0 Å². The number of nitrogens with one attached hydrogen (secondary N) is 1. The highest BCUT2D eigenvalue weighted by Gasteiger charge is 2.17. The van der Waals surface area contributed by atoms with Crippen LogP contribution in [0.1, 0.15) is 42.6 Å². The van der Waals surface area contributed by atoms with E-state index >= 15 is 0 Å². The van der Waals surface area contributed by atoms with Crippen molar-refractivity contribution in [2.75, 3.05) is 6.54 Å². The highest BCUT2D eigenvalue weighted by Crippen LogP contribution is 2.25. The fraction of sp³-hybridized carbons (Fsp3) is 0.316. The van der Waals surface area contributed by atoms with E-state index in [-0.39, 0.29) is 5.92 Å². The second-order valence-corrected chi connectivity index (χ2v) is 8.49. The summed E-state index contributed by atoms with van der Waals surface area (Å²) in [6.07, 6.45) is 0.854. The lowest BCUT2D eigenvalue weighted by Gasteiger charge is -2.15. The second-order valence-electron chi connectivity index (χ2n) is 6.17. The molecule has 0 heterocycles.